The summed E-state index contributed by atoms with van der Waals surface area (Å²) in [5.74, 6) is -0.357. The molecule has 2 amide bonds. The maximum Gasteiger partial charge on any atom is 0.251 e. The number of para-hydroxylation sites is 1. The van der Waals surface area contributed by atoms with Gasteiger partial charge in [-0.15, -0.1) is 0 Å². The van der Waals surface area contributed by atoms with Gasteiger partial charge in [-0.05, 0) is 71.0 Å². The minimum absolute atomic E-state index is 0.160. The molecule has 2 N–H and O–H groups in total. The third-order valence-electron chi connectivity index (χ3n) is 4.76. The standard InChI is InChI=1S/C24H28N4O2/c1-16(21-15-25-28(17(21)2)20-9-7-6-8-10-20)26-22(29)18-11-13-19(14-12-18)23(30)27-24(3,4)5/h6-16H,1-5H3,(H,26,29)(H,27,30). The predicted octanol–water partition coefficient (Wildman–Crippen LogP) is 4.20. The molecular weight excluding hydrogens is 376 g/mol. The number of nitrogens with one attached hydrogen (secondary N) is 2. The SMILES string of the molecule is Cc1c(C(C)NC(=O)c2ccc(C(=O)NC(C)(C)C)cc2)cnn1-c1ccccc1. The fourth-order valence-electron chi connectivity index (χ4n) is 3.22. The minimum Gasteiger partial charge on any atom is -0.347 e. The molecule has 0 bridgehead atoms. The van der Waals surface area contributed by atoms with Gasteiger partial charge >= 0.3 is 0 Å². The summed E-state index contributed by atoms with van der Waals surface area (Å²) in [7, 11) is 0. The van der Waals surface area contributed by atoms with Gasteiger partial charge in [-0.3, -0.25) is 9.59 Å². The normalized spacial score (nSPS) is 12.3. The first-order valence-corrected chi connectivity index (χ1v) is 9.99. The van der Waals surface area contributed by atoms with Crippen molar-refractivity contribution in [1.29, 1.82) is 0 Å². The van der Waals surface area contributed by atoms with E-state index in [-0.39, 0.29) is 23.4 Å². The first-order chi connectivity index (χ1) is 14.2. The molecule has 6 nitrogen and oxygen atoms in total. The average Bonchev–Trinajstić information content (AvgIpc) is 3.09. The maximum absolute atomic E-state index is 12.7. The zero-order chi connectivity index (χ0) is 21.9. The summed E-state index contributed by atoms with van der Waals surface area (Å²) in [5.41, 5.74) is 3.61. The van der Waals surface area contributed by atoms with Crippen molar-refractivity contribution in [1.82, 2.24) is 20.4 Å². The smallest absolute Gasteiger partial charge is 0.251 e. The molecule has 0 aliphatic heterocycles. The molecule has 0 fully saturated rings. The summed E-state index contributed by atoms with van der Waals surface area (Å²) < 4.78 is 1.86. The summed E-state index contributed by atoms with van der Waals surface area (Å²) in [6, 6.07) is 16.3. The van der Waals surface area contributed by atoms with Crippen molar-refractivity contribution in [2.75, 3.05) is 0 Å². The molecule has 1 heterocycles. The van der Waals surface area contributed by atoms with Crippen molar-refractivity contribution in [2.45, 2.75) is 46.2 Å². The Kier molecular flexibility index (Phi) is 6.06. The molecule has 0 aliphatic rings. The van der Waals surface area contributed by atoms with E-state index in [1.54, 1.807) is 30.5 Å². The van der Waals surface area contributed by atoms with Gasteiger partial charge in [0.2, 0.25) is 0 Å². The highest BCUT2D eigenvalue weighted by atomic mass is 16.2. The van der Waals surface area contributed by atoms with Crippen molar-refractivity contribution < 1.29 is 9.59 Å². The number of rotatable bonds is 5. The van der Waals surface area contributed by atoms with E-state index in [0.29, 0.717) is 11.1 Å². The highest BCUT2D eigenvalue weighted by Crippen LogP contribution is 2.20. The fourth-order valence-corrected chi connectivity index (χ4v) is 3.22. The van der Waals surface area contributed by atoms with Crippen LogP contribution >= 0.6 is 0 Å². The van der Waals surface area contributed by atoms with Crippen LogP contribution in [0.15, 0.2) is 60.8 Å². The van der Waals surface area contributed by atoms with Crippen LogP contribution in [0.3, 0.4) is 0 Å². The minimum atomic E-state index is -0.315. The molecule has 3 rings (SSSR count). The summed E-state index contributed by atoms with van der Waals surface area (Å²) in [6.45, 7) is 9.70. The number of hydrogen-bond donors (Lipinski definition) is 2. The lowest BCUT2D eigenvalue weighted by Gasteiger charge is -2.20. The van der Waals surface area contributed by atoms with Gasteiger partial charge in [0, 0.05) is 27.9 Å². The lowest BCUT2D eigenvalue weighted by molar-refractivity contribution is 0.0913. The maximum atomic E-state index is 12.7. The van der Waals surface area contributed by atoms with Gasteiger partial charge in [-0.25, -0.2) is 4.68 Å². The van der Waals surface area contributed by atoms with Crippen LogP contribution < -0.4 is 10.6 Å². The monoisotopic (exact) mass is 404 g/mol. The Morgan fingerprint density at radius 3 is 2.07 bits per heavy atom. The summed E-state index contributed by atoms with van der Waals surface area (Å²) in [5, 5.41) is 10.4. The van der Waals surface area contributed by atoms with Gasteiger partial charge in [0.25, 0.3) is 11.8 Å². The average molecular weight is 405 g/mol. The summed E-state index contributed by atoms with van der Waals surface area (Å²) in [4.78, 5) is 24.9. The molecule has 0 saturated heterocycles. The Labute approximate surface area is 177 Å². The number of aromatic nitrogens is 2. The molecule has 0 saturated carbocycles. The Morgan fingerprint density at radius 2 is 1.50 bits per heavy atom. The van der Waals surface area contributed by atoms with Gasteiger partial charge in [0.15, 0.2) is 0 Å². The second kappa shape index (κ2) is 8.53. The molecule has 1 aromatic heterocycles. The van der Waals surface area contributed by atoms with Crippen LogP contribution in [0.4, 0.5) is 0 Å². The van der Waals surface area contributed by atoms with E-state index in [0.717, 1.165) is 16.9 Å². The summed E-state index contributed by atoms with van der Waals surface area (Å²) >= 11 is 0. The van der Waals surface area contributed by atoms with E-state index in [1.165, 1.54) is 0 Å². The zero-order valence-electron chi connectivity index (χ0n) is 18.1. The molecule has 2 aromatic carbocycles. The van der Waals surface area contributed by atoms with Crippen LogP contribution in [0.5, 0.6) is 0 Å². The molecule has 0 radical (unpaired) electrons. The van der Waals surface area contributed by atoms with Crippen molar-refractivity contribution in [3.8, 4) is 5.69 Å². The number of benzene rings is 2. The molecule has 0 spiro atoms. The number of hydrogen-bond acceptors (Lipinski definition) is 3. The highest BCUT2D eigenvalue weighted by Gasteiger charge is 2.18. The lowest BCUT2D eigenvalue weighted by Crippen LogP contribution is -2.40. The molecular formula is C24H28N4O2. The number of nitrogens with zero attached hydrogens (tertiary/aromatic N) is 2. The Bertz CT molecular complexity index is 1030. The first kappa shape index (κ1) is 21.3. The molecule has 0 aliphatic carbocycles. The first-order valence-electron chi connectivity index (χ1n) is 9.99. The van der Waals surface area contributed by atoms with Crippen LogP contribution in [0.1, 0.15) is 65.7 Å². The van der Waals surface area contributed by atoms with Gasteiger partial charge in [-0.1, -0.05) is 18.2 Å². The number of carbonyl (C=O) groups is 2. The number of amides is 2. The van der Waals surface area contributed by atoms with E-state index in [4.69, 9.17) is 0 Å². The molecule has 6 heteroatoms. The van der Waals surface area contributed by atoms with Crippen LogP contribution in [-0.4, -0.2) is 27.1 Å². The largest absolute Gasteiger partial charge is 0.347 e. The van der Waals surface area contributed by atoms with Crippen LogP contribution in [0.25, 0.3) is 5.69 Å². The predicted molar refractivity (Wildman–Crippen MR) is 118 cm³/mol. The second-order valence-electron chi connectivity index (χ2n) is 8.41. The lowest BCUT2D eigenvalue weighted by atomic mass is 10.1. The van der Waals surface area contributed by atoms with Crippen molar-refractivity contribution >= 4 is 11.8 Å². The molecule has 3 aromatic rings. The topological polar surface area (TPSA) is 76.0 Å². The van der Waals surface area contributed by atoms with E-state index in [9.17, 15) is 9.59 Å². The van der Waals surface area contributed by atoms with Gasteiger partial charge in [0.1, 0.15) is 0 Å². The van der Waals surface area contributed by atoms with Gasteiger partial charge < -0.3 is 10.6 Å². The van der Waals surface area contributed by atoms with E-state index >= 15 is 0 Å². The molecule has 1 atom stereocenters. The molecule has 30 heavy (non-hydrogen) atoms. The third-order valence-corrected chi connectivity index (χ3v) is 4.76. The van der Waals surface area contributed by atoms with Crippen LogP contribution in [0, 0.1) is 6.92 Å². The Hall–Kier alpha value is -3.41. The third kappa shape index (κ3) is 4.95. The van der Waals surface area contributed by atoms with Crippen molar-refractivity contribution in [2.24, 2.45) is 0 Å². The molecule has 156 valence electrons. The Morgan fingerprint density at radius 1 is 0.933 bits per heavy atom. The zero-order valence-corrected chi connectivity index (χ0v) is 18.1. The quantitative estimate of drug-likeness (QED) is 0.669. The van der Waals surface area contributed by atoms with Crippen LogP contribution in [0.2, 0.25) is 0 Å². The Balaban J connectivity index is 1.69. The van der Waals surface area contributed by atoms with E-state index in [2.05, 4.69) is 15.7 Å². The van der Waals surface area contributed by atoms with E-state index < -0.39 is 0 Å². The fraction of sp³-hybridized carbons (Fsp3) is 0.292. The van der Waals surface area contributed by atoms with Crippen molar-refractivity contribution in [3.63, 3.8) is 0 Å². The van der Waals surface area contributed by atoms with Gasteiger partial charge in [-0.2, -0.15) is 5.10 Å². The summed E-state index contributed by atoms with van der Waals surface area (Å²) in [6.07, 6.45) is 1.78. The second-order valence-corrected chi connectivity index (χ2v) is 8.41. The van der Waals surface area contributed by atoms with Crippen molar-refractivity contribution in [3.05, 3.63) is 83.2 Å². The molecule has 1 unspecified atom stereocenters. The van der Waals surface area contributed by atoms with Gasteiger partial charge in [0.05, 0.1) is 17.9 Å². The van der Waals surface area contributed by atoms with E-state index in [1.807, 2.05) is 69.6 Å². The highest BCUT2D eigenvalue weighted by molar-refractivity contribution is 5.98. The number of carbonyl (C=O) groups excluding carboxylic acids is 2. The van der Waals surface area contributed by atoms with Crippen LogP contribution in [-0.2, 0) is 0 Å².